The largest absolute Gasteiger partial charge is 0.392 e. The van der Waals surface area contributed by atoms with Gasteiger partial charge in [-0.1, -0.05) is 0 Å². The van der Waals surface area contributed by atoms with E-state index < -0.39 is 11.7 Å². The monoisotopic (exact) mass is 240 g/mol. The van der Waals surface area contributed by atoms with Crippen molar-refractivity contribution in [2.45, 2.75) is 26.5 Å². The average Bonchev–Trinajstić information content (AvgIpc) is 2.24. The van der Waals surface area contributed by atoms with Gasteiger partial charge in [0.15, 0.2) is 0 Å². The zero-order chi connectivity index (χ0) is 13.0. The minimum Gasteiger partial charge on any atom is -0.392 e. The number of anilines is 1. The second kappa shape index (κ2) is 5.63. The molecule has 3 N–H and O–H groups in total. The smallest absolute Gasteiger partial charge is 0.236 e. The van der Waals surface area contributed by atoms with E-state index in [0.717, 1.165) is 0 Å². The van der Waals surface area contributed by atoms with Crippen molar-refractivity contribution in [3.8, 4) is 0 Å². The van der Waals surface area contributed by atoms with Crippen LogP contribution < -0.4 is 10.6 Å². The Morgan fingerprint density at radius 1 is 1.47 bits per heavy atom. The molecule has 0 unspecified atom stereocenters. The van der Waals surface area contributed by atoms with Crippen LogP contribution in [0, 0.1) is 5.82 Å². The highest BCUT2D eigenvalue weighted by Crippen LogP contribution is 2.20. The van der Waals surface area contributed by atoms with Crippen LogP contribution in [0.2, 0.25) is 0 Å². The minimum absolute atomic E-state index is 0.0100. The molecule has 0 bridgehead atoms. The van der Waals surface area contributed by atoms with E-state index in [4.69, 9.17) is 10.8 Å². The van der Waals surface area contributed by atoms with Crippen molar-refractivity contribution in [2.24, 2.45) is 5.73 Å². The zero-order valence-electron chi connectivity index (χ0n) is 9.98. The molecular weight excluding hydrogens is 223 g/mol. The molecule has 1 aromatic rings. The first-order valence-electron chi connectivity index (χ1n) is 5.39. The molecule has 0 fully saturated rings. The summed E-state index contributed by atoms with van der Waals surface area (Å²) >= 11 is 0. The van der Waals surface area contributed by atoms with Gasteiger partial charge in [0.05, 0.1) is 13.2 Å². The lowest BCUT2D eigenvalue weighted by Gasteiger charge is -2.28. The third kappa shape index (κ3) is 3.71. The first kappa shape index (κ1) is 13.4. The Kier molecular flexibility index (Phi) is 4.45. The molecule has 5 heteroatoms. The van der Waals surface area contributed by atoms with Gasteiger partial charge in [-0.3, -0.25) is 4.79 Å². The Bertz CT molecular complexity index is 407. The van der Waals surface area contributed by atoms with E-state index in [2.05, 4.69) is 0 Å². The van der Waals surface area contributed by atoms with Gasteiger partial charge in [0.2, 0.25) is 5.91 Å². The fourth-order valence-corrected chi connectivity index (χ4v) is 1.63. The topological polar surface area (TPSA) is 66.6 Å². The van der Waals surface area contributed by atoms with E-state index in [0.29, 0.717) is 11.3 Å². The predicted octanol–water partition coefficient (Wildman–Crippen LogP) is 1.02. The number of hydrogen-bond donors (Lipinski definition) is 2. The van der Waals surface area contributed by atoms with Crippen LogP contribution in [0.25, 0.3) is 0 Å². The summed E-state index contributed by atoms with van der Waals surface area (Å²) in [5.41, 5.74) is 6.17. The lowest BCUT2D eigenvalue weighted by Crippen LogP contribution is -2.38. The number of benzene rings is 1. The number of amides is 1. The summed E-state index contributed by atoms with van der Waals surface area (Å²) in [6.45, 7) is 3.54. The molecule has 0 aliphatic rings. The van der Waals surface area contributed by atoms with Gasteiger partial charge in [-0.15, -0.1) is 0 Å². The van der Waals surface area contributed by atoms with E-state index in [9.17, 15) is 9.18 Å². The maximum absolute atomic E-state index is 13.3. The van der Waals surface area contributed by atoms with E-state index in [1.54, 1.807) is 11.0 Å². The van der Waals surface area contributed by atoms with Crippen molar-refractivity contribution in [1.82, 2.24) is 0 Å². The van der Waals surface area contributed by atoms with Gasteiger partial charge in [-0.2, -0.15) is 0 Å². The standard InChI is InChI=1S/C12H17FN2O2/c1-8(2)15(6-12(14)17)11-4-9(7-16)3-10(13)5-11/h3-5,8,16H,6-7H2,1-2H3,(H2,14,17). The summed E-state index contributed by atoms with van der Waals surface area (Å²) in [6.07, 6.45) is 0. The zero-order valence-corrected chi connectivity index (χ0v) is 9.98. The third-order valence-electron chi connectivity index (χ3n) is 2.41. The Balaban J connectivity index is 3.08. The van der Waals surface area contributed by atoms with Crippen LogP contribution in [-0.4, -0.2) is 23.6 Å². The summed E-state index contributed by atoms with van der Waals surface area (Å²) in [5.74, 6) is -0.921. The van der Waals surface area contributed by atoms with Gasteiger partial charge in [0, 0.05) is 11.7 Å². The van der Waals surface area contributed by atoms with E-state index >= 15 is 0 Å². The number of carbonyl (C=O) groups is 1. The van der Waals surface area contributed by atoms with Crippen LogP contribution in [0.1, 0.15) is 19.4 Å². The summed E-state index contributed by atoms with van der Waals surface area (Å²) in [7, 11) is 0. The lowest BCUT2D eigenvalue weighted by molar-refractivity contribution is -0.116. The molecule has 0 aliphatic heterocycles. The van der Waals surface area contributed by atoms with E-state index in [1.165, 1.54) is 12.1 Å². The molecular formula is C12H17FN2O2. The van der Waals surface area contributed by atoms with Crippen LogP contribution in [0.15, 0.2) is 18.2 Å². The average molecular weight is 240 g/mol. The number of primary amides is 1. The first-order chi connectivity index (χ1) is 7.93. The number of carbonyl (C=O) groups excluding carboxylic acids is 1. The normalized spacial score (nSPS) is 10.6. The number of aliphatic hydroxyl groups is 1. The third-order valence-corrected chi connectivity index (χ3v) is 2.41. The second-order valence-corrected chi connectivity index (χ2v) is 4.16. The van der Waals surface area contributed by atoms with Crippen molar-refractivity contribution in [1.29, 1.82) is 0 Å². The Morgan fingerprint density at radius 3 is 2.59 bits per heavy atom. The maximum atomic E-state index is 13.3. The lowest BCUT2D eigenvalue weighted by atomic mass is 10.1. The number of nitrogens with zero attached hydrogens (tertiary/aromatic N) is 1. The molecule has 1 amide bonds. The number of aliphatic hydroxyl groups excluding tert-OH is 1. The van der Waals surface area contributed by atoms with Gasteiger partial charge in [0.1, 0.15) is 5.82 Å². The first-order valence-corrected chi connectivity index (χ1v) is 5.39. The van der Waals surface area contributed by atoms with Crippen LogP contribution >= 0.6 is 0 Å². The van der Waals surface area contributed by atoms with E-state index in [1.807, 2.05) is 13.8 Å². The molecule has 17 heavy (non-hydrogen) atoms. The summed E-state index contributed by atoms with van der Waals surface area (Å²) in [4.78, 5) is 12.6. The van der Waals surface area contributed by atoms with E-state index in [-0.39, 0.29) is 19.2 Å². The number of nitrogens with two attached hydrogens (primary N) is 1. The molecule has 1 aromatic carbocycles. The minimum atomic E-state index is -0.478. The molecule has 0 atom stereocenters. The molecule has 0 saturated heterocycles. The molecule has 1 rings (SSSR count). The summed E-state index contributed by atoms with van der Waals surface area (Å²) < 4.78 is 13.3. The summed E-state index contributed by atoms with van der Waals surface area (Å²) in [6, 6.07) is 4.23. The van der Waals surface area contributed by atoms with Crippen molar-refractivity contribution >= 4 is 11.6 Å². The van der Waals surface area contributed by atoms with Crippen molar-refractivity contribution in [3.63, 3.8) is 0 Å². The molecule has 0 aliphatic carbocycles. The van der Waals surface area contributed by atoms with Crippen molar-refractivity contribution < 1.29 is 14.3 Å². The summed E-state index contributed by atoms with van der Waals surface area (Å²) in [5, 5.41) is 9.01. The maximum Gasteiger partial charge on any atom is 0.236 e. The van der Waals surface area contributed by atoms with Gasteiger partial charge in [0.25, 0.3) is 0 Å². The molecule has 4 nitrogen and oxygen atoms in total. The highest BCUT2D eigenvalue weighted by atomic mass is 19.1. The molecule has 94 valence electrons. The molecule has 0 saturated carbocycles. The fourth-order valence-electron chi connectivity index (χ4n) is 1.63. The van der Waals surface area contributed by atoms with Gasteiger partial charge in [-0.05, 0) is 37.6 Å². The van der Waals surface area contributed by atoms with Gasteiger partial charge >= 0.3 is 0 Å². The van der Waals surface area contributed by atoms with Crippen LogP contribution in [0.4, 0.5) is 10.1 Å². The number of hydrogen-bond acceptors (Lipinski definition) is 3. The van der Waals surface area contributed by atoms with Gasteiger partial charge < -0.3 is 15.7 Å². The fraction of sp³-hybridized carbons (Fsp3) is 0.417. The number of halogens is 1. The Hall–Kier alpha value is -1.62. The SMILES string of the molecule is CC(C)N(CC(N)=O)c1cc(F)cc(CO)c1. The quantitative estimate of drug-likeness (QED) is 0.807. The van der Waals surface area contributed by atoms with Gasteiger partial charge in [-0.25, -0.2) is 4.39 Å². The molecule has 0 aromatic heterocycles. The van der Waals surface area contributed by atoms with Crippen molar-refractivity contribution in [2.75, 3.05) is 11.4 Å². The molecule has 0 spiro atoms. The highest BCUT2D eigenvalue weighted by Gasteiger charge is 2.14. The Morgan fingerprint density at radius 2 is 2.12 bits per heavy atom. The molecule has 0 heterocycles. The van der Waals surface area contributed by atoms with Crippen LogP contribution in [0.5, 0.6) is 0 Å². The number of rotatable bonds is 5. The molecule has 0 radical (unpaired) electrons. The highest BCUT2D eigenvalue weighted by molar-refractivity contribution is 5.79. The second-order valence-electron chi connectivity index (χ2n) is 4.16. The van der Waals surface area contributed by atoms with Crippen LogP contribution in [-0.2, 0) is 11.4 Å². The predicted molar refractivity (Wildman–Crippen MR) is 64.0 cm³/mol. The van der Waals surface area contributed by atoms with Crippen LogP contribution in [0.3, 0.4) is 0 Å². The Labute approximate surface area is 99.8 Å². The van der Waals surface area contributed by atoms with Crippen molar-refractivity contribution in [3.05, 3.63) is 29.6 Å².